The van der Waals surface area contributed by atoms with E-state index in [1.54, 1.807) is 0 Å². The van der Waals surface area contributed by atoms with Gasteiger partial charge in [0.1, 0.15) is 0 Å². The Kier molecular flexibility index (Phi) is 9.39. The fourth-order valence-corrected chi connectivity index (χ4v) is 7.30. The van der Waals surface area contributed by atoms with Crippen molar-refractivity contribution in [3.05, 3.63) is 64.7 Å². The van der Waals surface area contributed by atoms with Crippen molar-refractivity contribution in [3.8, 4) is 0 Å². The summed E-state index contributed by atoms with van der Waals surface area (Å²) in [7, 11) is -4.19. The SMILES string of the molecule is CC(C)CNCc1ccc2c(c1)CCCC2NC(=O)CC1CCCCN1S(=O)(=O)c1cccc(C(F)(F)F)c1. The number of halogens is 3. The Morgan fingerprint density at radius 1 is 1.08 bits per heavy atom. The van der Waals surface area contributed by atoms with Crippen LogP contribution in [0.15, 0.2) is 47.4 Å². The van der Waals surface area contributed by atoms with Crippen LogP contribution in [0.3, 0.4) is 0 Å². The molecule has 4 rings (SSSR count). The summed E-state index contributed by atoms with van der Waals surface area (Å²) in [5.41, 5.74) is 2.52. The highest BCUT2D eigenvalue weighted by Gasteiger charge is 2.37. The van der Waals surface area contributed by atoms with Crippen LogP contribution < -0.4 is 10.6 Å². The molecule has 0 radical (unpaired) electrons. The average Bonchev–Trinajstić information content (AvgIpc) is 2.88. The third kappa shape index (κ3) is 7.41. The first-order valence-corrected chi connectivity index (χ1v) is 15.2. The molecule has 2 atom stereocenters. The van der Waals surface area contributed by atoms with Crippen molar-refractivity contribution in [1.82, 2.24) is 14.9 Å². The summed E-state index contributed by atoms with van der Waals surface area (Å²) in [6.07, 6.45) is -0.130. The molecule has 0 aromatic heterocycles. The van der Waals surface area contributed by atoms with Crippen LogP contribution in [-0.2, 0) is 34.0 Å². The van der Waals surface area contributed by atoms with Crippen LogP contribution in [0.1, 0.15) is 80.7 Å². The van der Waals surface area contributed by atoms with Gasteiger partial charge in [-0.25, -0.2) is 8.42 Å². The predicted octanol–water partition coefficient (Wildman–Crippen LogP) is 5.58. The number of benzene rings is 2. The predicted molar refractivity (Wildman–Crippen MR) is 144 cm³/mol. The van der Waals surface area contributed by atoms with E-state index in [9.17, 15) is 26.4 Å². The minimum atomic E-state index is -4.64. The van der Waals surface area contributed by atoms with E-state index in [4.69, 9.17) is 0 Å². The number of carbonyl (C=O) groups excluding carboxylic acids is 1. The molecule has 214 valence electrons. The van der Waals surface area contributed by atoms with Crippen LogP contribution in [0.5, 0.6) is 0 Å². The summed E-state index contributed by atoms with van der Waals surface area (Å²) in [4.78, 5) is 12.8. The summed E-state index contributed by atoms with van der Waals surface area (Å²) >= 11 is 0. The Labute approximate surface area is 229 Å². The number of rotatable bonds is 9. The second-order valence-electron chi connectivity index (χ2n) is 11.1. The minimum absolute atomic E-state index is 0.0266. The first-order valence-electron chi connectivity index (χ1n) is 13.8. The zero-order chi connectivity index (χ0) is 28.2. The van der Waals surface area contributed by atoms with E-state index >= 15 is 0 Å². The number of sulfonamides is 1. The molecule has 2 N–H and O–H groups in total. The lowest BCUT2D eigenvalue weighted by Crippen LogP contribution is -2.46. The van der Waals surface area contributed by atoms with E-state index in [0.717, 1.165) is 56.5 Å². The van der Waals surface area contributed by atoms with Crippen LogP contribution in [-0.4, -0.2) is 37.8 Å². The highest BCUT2D eigenvalue weighted by atomic mass is 32.2. The molecule has 0 bridgehead atoms. The van der Waals surface area contributed by atoms with Gasteiger partial charge in [-0.2, -0.15) is 17.5 Å². The minimum Gasteiger partial charge on any atom is -0.349 e. The molecular formula is C29H38F3N3O3S. The lowest BCUT2D eigenvalue weighted by molar-refractivity contribution is -0.137. The van der Waals surface area contributed by atoms with Gasteiger partial charge in [-0.15, -0.1) is 0 Å². The lowest BCUT2D eigenvalue weighted by Gasteiger charge is -2.35. The number of hydrogen-bond donors (Lipinski definition) is 2. The molecule has 2 unspecified atom stereocenters. The summed E-state index contributed by atoms with van der Waals surface area (Å²) < 4.78 is 67.6. The smallest absolute Gasteiger partial charge is 0.349 e. The molecule has 1 fully saturated rings. The Balaban J connectivity index is 1.44. The number of piperidine rings is 1. The third-order valence-corrected chi connectivity index (χ3v) is 9.45. The fraction of sp³-hybridized carbons (Fsp3) is 0.552. The highest BCUT2D eigenvalue weighted by molar-refractivity contribution is 7.89. The molecule has 0 spiro atoms. The summed E-state index contributed by atoms with van der Waals surface area (Å²) in [6, 6.07) is 9.44. The number of hydrogen-bond acceptors (Lipinski definition) is 4. The van der Waals surface area contributed by atoms with Crippen molar-refractivity contribution in [1.29, 1.82) is 0 Å². The number of carbonyl (C=O) groups is 1. The maximum atomic E-state index is 13.4. The molecule has 2 aromatic rings. The molecule has 1 aliphatic heterocycles. The fourth-order valence-electron chi connectivity index (χ4n) is 5.56. The molecule has 2 aliphatic rings. The average molecular weight is 566 g/mol. The van der Waals surface area contributed by atoms with Crippen LogP contribution in [0.4, 0.5) is 13.2 Å². The first-order chi connectivity index (χ1) is 18.4. The van der Waals surface area contributed by atoms with Crippen molar-refractivity contribution in [2.75, 3.05) is 13.1 Å². The van der Waals surface area contributed by atoms with Gasteiger partial charge in [0.2, 0.25) is 15.9 Å². The van der Waals surface area contributed by atoms with Crippen molar-refractivity contribution >= 4 is 15.9 Å². The molecule has 1 aliphatic carbocycles. The normalized spacial score (nSPS) is 20.6. The molecular weight excluding hydrogens is 527 g/mol. The number of aryl methyl sites for hydroxylation is 1. The molecule has 1 heterocycles. The highest BCUT2D eigenvalue weighted by Crippen LogP contribution is 2.34. The van der Waals surface area contributed by atoms with E-state index in [-0.39, 0.29) is 24.9 Å². The Morgan fingerprint density at radius 3 is 2.62 bits per heavy atom. The second-order valence-corrected chi connectivity index (χ2v) is 13.0. The van der Waals surface area contributed by atoms with Gasteiger partial charge in [0.25, 0.3) is 0 Å². The number of alkyl halides is 3. The second kappa shape index (κ2) is 12.4. The summed E-state index contributed by atoms with van der Waals surface area (Å²) in [5, 5.41) is 6.57. The van der Waals surface area contributed by atoms with Gasteiger partial charge in [-0.3, -0.25) is 4.79 Å². The standard InChI is InChI=1S/C29H38F3N3O3S/c1-20(2)18-33-19-21-12-13-26-22(15-21)7-5-11-27(26)34-28(36)17-24-9-3-4-14-35(24)39(37,38)25-10-6-8-23(16-25)29(30,31)32/h6,8,10,12-13,15-16,20,24,27,33H,3-5,7,9,11,14,17-19H2,1-2H3,(H,34,36). The van der Waals surface area contributed by atoms with E-state index < -0.39 is 32.7 Å². The van der Waals surface area contributed by atoms with E-state index in [1.807, 2.05) is 0 Å². The maximum Gasteiger partial charge on any atom is 0.416 e. The monoisotopic (exact) mass is 565 g/mol. The Morgan fingerprint density at radius 2 is 1.87 bits per heavy atom. The van der Waals surface area contributed by atoms with Crippen LogP contribution in [0.25, 0.3) is 0 Å². The summed E-state index contributed by atoms with van der Waals surface area (Å²) in [5.74, 6) is 0.328. The van der Waals surface area contributed by atoms with Crippen LogP contribution in [0, 0.1) is 5.92 Å². The van der Waals surface area contributed by atoms with E-state index in [0.29, 0.717) is 24.8 Å². The van der Waals surface area contributed by atoms with Crippen molar-refractivity contribution in [2.24, 2.45) is 5.92 Å². The first kappa shape index (κ1) is 29.6. The number of amides is 1. The van der Waals surface area contributed by atoms with Crippen LogP contribution >= 0.6 is 0 Å². The van der Waals surface area contributed by atoms with Crippen molar-refractivity contribution in [2.45, 2.75) is 88.5 Å². The van der Waals surface area contributed by atoms with Gasteiger partial charge < -0.3 is 10.6 Å². The van der Waals surface area contributed by atoms with Gasteiger partial charge in [0.05, 0.1) is 16.5 Å². The third-order valence-electron chi connectivity index (χ3n) is 7.50. The largest absolute Gasteiger partial charge is 0.416 e. The van der Waals surface area contributed by atoms with Crippen molar-refractivity contribution < 1.29 is 26.4 Å². The number of fused-ring (bicyclic) bond motifs is 1. The molecule has 0 saturated carbocycles. The number of nitrogens with zero attached hydrogens (tertiary/aromatic N) is 1. The van der Waals surface area contributed by atoms with Crippen LogP contribution in [0.2, 0.25) is 0 Å². The van der Waals surface area contributed by atoms with Gasteiger partial charge in [-0.1, -0.05) is 44.5 Å². The molecule has 10 heteroatoms. The van der Waals surface area contributed by atoms with E-state index in [1.165, 1.54) is 21.5 Å². The van der Waals surface area contributed by atoms with E-state index in [2.05, 4.69) is 42.7 Å². The van der Waals surface area contributed by atoms with Gasteiger partial charge >= 0.3 is 6.18 Å². The van der Waals surface area contributed by atoms with Gasteiger partial charge in [0.15, 0.2) is 0 Å². The topological polar surface area (TPSA) is 78.5 Å². The molecule has 1 amide bonds. The Hall–Kier alpha value is -2.43. The number of nitrogens with one attached hydrogen (secondary N) is 2. The maximum absolute atomic E-state index is 13.4. The lowest BCUT2D eigenvalue weighted by atomic mass is 9.86. The molecule has 39 heavy (non-hydrogen) atoms. The summed E-state index contributed by atoms with van der Waals surface area (Å²) in [6.45, 7) is 6.25. The zero-order valence-corrected chi connectivity index (χ0v) is 23.4. The van der Waals surface area contributed by atoms with Crippen molar-refractivity contribution in [3.63, 3.8) is 0 Å². The Bertz CT molecular complexity index is 1260. The molecule has 6 nitrogen and oxygen atoms in total. The quantitative estimate of drug-likeness (QED) is 0.416. The zero-order valence-electron chi connectivity index (χ0n) is 22.6. The van der Waals surface area contributed by atoms with Gasteiger partial charge in [-0.05, 0) is 79.5 Å². The molecule has 1 saturated heterocycles. The molecule has 2 aromatic carbocycles. The van der Waals surface area contributed by atoms with Gasteiger partial charge in [0, 0.05) is 25.6 Å².